The number of aryl methyl sites for hydroxylation is 1. The number of hydrogen-bond donors (Lipinski definition) is 1. The maximum absolute atomic E-state index is 13.0. The molecule has 2 fully saturated rings. The third kappa shape index (κ3) is 3.61. The van der Waals surface area contributed by atoms with Gasteiger partial charge in [0.05, 0.1) is 5.92 Å². The molecule has 2 amide bonds. The summed E-state index contributed by atoms with van der Waals surface area (Å²) in [5.41, 5.74) is 4.29. The second-order valence-electron chi connectivity index (χ2n) is 7.90. The minimum absolute atomic E-state index is 0.0465. The Kier molecular flexibility index (Phi) is 5.07. The predicted molar refractivity (Wildman–Crippen MR) is 111 cm³/mol. The normalized spacial score (nSPS) is 22.0. The highest BCUT2D eigenvalue weighted by atomic mass is 16.2. The van der Waals surface area contributed by atoms with Gasteiger partial charge in [-0.2, -0.15) is 0 Å². The van der Waals surface area contributed by atoms with Gasteiger partial charge in [0.2, 0.25) is 11.8 Å². The summed E-state index contributed by atoms with van der Waals surface area (Å²) in [6, 6.07) is 16.4. The van der Waals surface area contributed by atoms with E-state index in [0.717, 1.165) is 35.5 Å². The van der Waals surface area contributed by atoms with Gasteiger partial charge >= 0.3 is 0 Å². The van der Waals surface area contributed by atoms with Gasteiger partial charge in [0.1, 0.15) is 0 Å². The Hall–Kier alpha value is -2.82. The van der Waals surface area contributed by atoms with Crippen molar-refractivity contribution < 1.29 is 9.59 Å². The van der Waals surface area contributed by atoms with Crippen molar-refractivity contribution in [3.8, 4) is 0 Å². The van der Waals surface area contributed by atoms with Crippen molar-refractivity contribution in [1.29, 1.82) is 0 Å². The molecule has 0 radical (unpaired) electrons. The van der Waals surface area contributed by atoms with Crippen LogP contribution in [0.5, 0.6) is 0 Å². The first-order valence-corrected chi connectivity index (χ1v) is 10.00. The lowest BCUT2D eigenvalue weighted by Gasteiger charge is -2.22. The Labute approximate surface area is 166 Å². The maximum atomic E-state index is 13.0. The summed E-state index contributed by atoms with van der Waals surface area (Å²) in [5.74, 6) is -0.0911. The van der Waals surface area contributed by atoms with Crippen LogP contribution in [-0.2, 0) is 9.59 Å². The van der Waals surface area contributed by atoms with Gasteiger partial charge in [-0.3, -0.25) is 9.59 Å². The Morgan fingerprint density at radius 2 is 1.82 bits per heavy atom. The second kappa shape index (κ2) is 7.66. The first kappa shape index (κ1) is 18.5. The quantitative estimate of drug-likeness (QED) is 0.889. The van der Waals surface area contributed by atoms with E-state index in [1.807, 2.05) is 67.3 Å². The summed E-state index contributed by atoms with van der Waals surface area (Å²) in [6.45, 7) is 6.01. The molecule has 2 atom stereocenters. The Morgan fingerprint density at radius 3 is 2.61 bits per heavy atom. The lowest BCUT2D eigenvalue weighted by Crippen LogP contribution is -2.37. The molecular formula is C23H27N3O2. The van der Waals surface area contributed by atoms with Crippen molar-refractivity contribution in [3.05, 3.63) is 59.7 Å². The monoisotopic (exact) mass is 377 g/mol. The zero-order valence-corrected chi connectivity index (χ0v) is 16.5. The number of rotatable bonds is 4. The molecule has 1 N–H and O–H groups in total. The Morgan fingerprint density at radius 1 is 1.04 bits per heavy atom. The van der Waals surface area contributed by atoms with Crippen LogP contribution < -0.4 is 10.2 Å². The van der Waals surface area contributed by atoms with Crippen LogP contribution in [0.4, 0.5) is 11.4 Å². The molecule has 2 aliphatic heterocycles. The second-order valence-corrected chi connectivity index (χ2v) is 7.90. The molecule has 2 aromatic rings. The molecule has 2 aromatic carbocycles. The largest absolute Gasteiger partial charge is 0.380 e. The van der Waals surface area contributed by atoms with Gasteiger partial charge in [-0.05, 0) is 49.6 Å². The Balaban J connectivity index is 1.39. The van der Waals surface area contributed by atoms with Crippen LogP contribution in [-0.4, -0.2) is 42.4 Å². The number of nitrogens with zero attached hydrogens (tertiary/aromatic N) is 2. The Bertz CT molecular complexity index is 881. The molecule has 2 saturated heterocycles. The average Bonchev–Trinajstić information content (AvgIpc) is 3.31. The first-order valence-electron chi connectivity index (χ1n) is 10.00. The van der Waals surface area contributed by atoms with E-state index in [-0.39, 0.29) is 23.8 Å². The van der Waals surface area contributed by atoms with E-state index in [0.29, 0.717) is 19.5 Å². The highest BCUT2D eigenvalue weighted by Crippen LogP contribution is 2.31. The van der Waals surface area contributed by atoms with E-state index in [1.54, 1.807) is 4.90 Å². The standard InChI is InChI=1S/C23H27N3O2/c1-16-7-6-10-21(17(16)2)26-14-18(13-22(26)27)23(28)25-12-11-20(15-25)24-19-8-4-3-5-9-19/h3-10,18,20,24H,11-15H2,1-2H3/t18-,20-/m0/s1. The van der Waals surface area contributed by atoms with E-state index in [1.165, 1.54) is 0 Å². The molecule has 5 nitrogen and oxygen atoms in total. The van der Waals surface area contributed by atoms with Gasteiger partial charge in [0, 0.05) is 43.5 Å². The molecule has 4 rings (SSSR count). The average molecular weight is 377 g/mol. The predicted octanol–water partition coefficient (Wildman–Crippen LogP) is 3.37. The maximum Gasteiger partial charge on any atom is 0.228 e. The van der Waals surface area contributed by atoms with Gasteiger partial charge in [0.15, 0.2) is 0 Å². The van der Waals surface area contributed by atoms with E-state index in [9.17, 15) is 9.59 Å². The number of likely N-dealkylation sites (tertiary alicyclic amines) is 1. The third-order valence-electron chi connectivity index (χ3n) is 5.99. The lowest BCUT2D eigenvalue weighted by atomic mass is 10.1. The third-order valence-corrected chi connectivity index (χ3v) is 5.99. The van der Waals surface area contributed by atoms with Gasteiger partial charge in [0.25, 0.3) is 0 Å². The van der Waals surface area contributed by atoms with Crippen molar-refractivity contribution in [1.82, 2.24) is 4.90 Å². The number of nitrogens with one attached hydrogen (secondary N) is 1. The van der Waals surface area contributed by atoms with Crippen molar-refractivity contribution in [3.63, 3.8) is 0 Å². The van der Waals surface area contributed by atoms with Crippen LogP contribution in [0.1, 0.15) is 24.0 Å². The molecule has 2 aliphatic rings. The molecule has 0 spiro atoms. The zero-order chi connectivity index (χ0) is 19.7. The smallest absolute Gasteiger partial charge is 0.228 e. The van der Waals surface area contributed by atoms with Crippen molar-refractivity contribution in [2.75, 3.05) is 29.9 Å². The molecule has 2 heterocycles. The van der Waals surface area contributed by atoms with E-state index in [2.05, 4.69) is 5.32 Å². The molecular weight excluding hydrogens is 350 g/mol. The fourth-order valence-corrected chi connectivity index (χ4v) is 4.24. The van der Waals surface area contributed by atoms with Crippen molar-refractivity contribution >= 4 is 23.2 Å². The highest BCUT2D eigenvalue weighted by Gasteiger charge is 2.39. The number of carbonyl (C=O) groups excluding carboxylic acids is 2. The minimum atomic E-state index is -0.247. The topological polar surface area (TPSA) is 52.7 Å². The van der Waals surface area contributed by atoms with Crippen LogP contribution in [0.25, 0.3) is 0 Å². The molecule has 0 saturated carbocycles. The van der Waals surface area contributed by atoms with E-state index < -0.39 is 0 Å². The molecule has 0 bridgehead atoms. The fraction of sp³-hybridized carbons (Fsp3) is 0.391. The summed E-state index contributed by atoms with van der Waals surface area (Å²) >= 11 is 0. The minimum Gasteiger partial charge on any atom is -0.380 e. The van der Waals surface area contributed by atoms with E-state index in [4.69, 9.17) is 0 Å². The van der Waals surface area contributed by atoms with Gasteiger partial charge in [-0.15, -0.1) is 0 Å². The fourth-order valence-electron chi connectivity index (χ4n) is 4.24. The first-order chi connectivity index (χ1) is 13.5. The molecule has 0 unspecified atom stereocenters. The summed E-state index contributed by atoms with van der Waals surface area (Å²) < 4.78 is 0. The summed E-state index contributed by atoms with van der Waals surface area (Å²) in [6.07, 6.45) is 1.24. The van der Waals surface area contributed by atoms with Crippen LogP contribution >= 0.6 is 0 Å². The van der Waals surface area contributed by atoms with Gasteiger partial charge < -0.3 is 15.1 Å². The molecule has 0 aromatic heterocycles. The summed E-state index contributed by atoms with van der Waals surface area (Å²) in [7, 11) is 0. The number of carbonyl (C=O) groups is 2. The van der Waals surface area contributed by atoms with Crippen LogP contribution in [0.2, 0.25) is 0 Å². The van der Waals surface area contributed by atoms with Crippen molar-refractivity contribution in [2.45, 2.75) is 32.7 Å². The van der Waals surface area contributed by atoms with Gasteiger partial charge in [-0.25, -0.2) is 0 Å². The number of para-hydroxylation sites is 1. The van der Waals surface area contributed by atoms with Crippen LogP contribution in [0.3, 0.4) is 0 Å². The van der Waals surface area contributed by atoms with Crippen LogP contribution in [0.15, 0.2) is 48.5 Å². The molecule has 146 valence electrons. The lowest BCUT2D eigenvalue weighted by molar-refractivity contribution is -0.134. The van der Waals surface area contributed by atoms with Crippen LogP contribution in [0, 0.1) is 19.8 Å². The number of anilines is 2. The number of hydrogen-bond acceptors (Lipinski definition) is 3. The SMILES string of the molecule is Cc1cccc(N2C[C@@H](C(=O)N3CC[C@H](Nc4ccccc4)C3)CC2=O)c1C. The molecule has 28 heavy (non-hydrogen) atoms. The van der Waals surface area contributed by atoms with Gasteiger partial charge in [-0.1, -0.05) is 30.3 Å². The highest BCUT2D eigenvalue weighted by molar-refractivity contribution is 6.01. The summed E-state index contributed by atoms with van der Waals surface area (Å²) in [5, 5.41) is 3.50. The summed E-state index contributed by atoms with van der Waals surface area (Å²) in [4.78, 5) is 29.4. The zero-order valence-electron chi connectivity index (χ0n) is 16.5. The van der Waals surface area contributed by atoms with Crippen molar-refractivity contribution in [2.24, 2.45) is 5.92 Å². The molecule has 5 heteroatoms. The number of benzene rings is 2. The van der Waals surface area contributed by atoms with E-state index >= 15 is 0 Å². The molecule has 0 aliphatic carbocycles. The number of amides is 2.